The van der Waals surface area contributed by atoms with Gasteiger partial charge in [0.25, 0.3) is 0 Å². The minimum Gasteiger partial charge on any atom is -0.493 e. The molecule has 172 valence electrons. The third-order valence-corrected chi connectivity index (χ3v) is 6.38. The van der Waals surface area contributed by atoms with E-state index in [9.17, 15) is 4.79 Å². The van der Waals surface area contributed by atoms with Crippen LogP contribution < -0.4 is 14.8 Å². The van der Waals surface area contributed by atoms with Gasteiger partial charge in [-0.1, -0.05) is 34.4 Å². The first kappa shape index (κ1) is 23.3. The highest BCUT2D eigenvalue weighted by atomic mass is 79.9. The molecular weight excluding hydrogens is 537 g/mol. The number of ether oxygens (including phenoxy) is 3. The molecule has 1 atom stereocenters. The average Bonchev–Trinajstić information content (AvgIpc) is 3.26. The lowest BCUT2D eigenvalue weighted by Gasteiger charge is -2.27. The maximum atomic E-state index is 12.6. The number of fused-ring (bicyclic) bond motifs is 1. The lowest BCUT2D eigenvalue weighted by molar-refractivity contribution is -0.136. The second kappa shape index (κ2) is 9.58. The van der Waals surface area contributed by atoms with Gasteiger partial charge >= 0.3 is 5.97 Å². The molecule has 2 heterocycles. The number of tetrazole rings is 1. The molecule has 1 aliphatic heterocycles. The van der Waals surface area contributed by atoms with Crippen LogP contribution in [0.25, 0.3) is 0 Å². The Hall–Kier alpha value is -2.82. The topological polar surface area (TPSA) is 100 Å². The van der Waals surface area contributed by atoms with Gasteiger partial charge in [-0.05, 0) is 68.7 Å². The smallest absolute Gasteiger partial charge is 0.338 e. The van der Waals surface area contributed by atoms with E-state index in [2.05, 4.69) is 36.8 Å². The lowest BCUT2D eigenvalue weighted by Crippen LogP contribution is -2.29. The molecule has 1 aliphatic rings. The van der Waals surface area contributed by atoms with Gasteiger partial charge in [0.05, 0.1) is 34.3 Å². The Kier molecular flexibility index (Phi) is 6.78. The number of nitrogens with zero attached hydrogens (tertiary/aromatic N) is 4. The van der Waals surface area contributed by atoms with Gasteiger partial charge in [-0.25, -0.2) is 4.79 Å². The first-order valence-corrected chi connectivity index (χ1v) is 11.2. The quantitative estimate of drug-likeness (QED) is 0.434. The largest absolute Gasteiger partial charge is 0.493 e. The molecule has 0 saturated carbocycles. The zero-order valence-corrected chi connectivity index (χ0v) is 20.8. The first-order valence-electron chi connectivity index (χ1n) is 9.62. The summed E-state index contributed by atoms with van der Waals surface area (Å²) in [4.78, 5) is 12.6. The van der Waals surface area contributed by atoms with Crippen molar-refractivity contribution in [1.82, 2.24) is 20.2 Å². The number of anilines is 1. The Bertz CT molecular complexity index is 1260. The van der Waals surface area contributed by atoms with E-state index >= 15 is 0 Å². The van der Waals surface area contributed by atoms with Crippen molar-refractivity contribution in [2.75, 3.05) is 19.5 Å². The molecule has 1 unspecified atom stereocenters. The van der Waals surface area contributed by atoms with Gasteiger partial charge in [0.1, 0.15) is 12.6 Å². The number of benzene rings is 2. The molecule has 0 saturated heterocycles. The summed E-state index contributed by atoms with van der Waals surface area (Å²) in [5.74, 6) is 0.842. The summed E-state index contributed by atoms with van der Waals surface area (Å²) in [5, 5.41) is 15.7. The molecule has 0 fully saturated rings. The molecule has 3 aromatic rings. The zero-order chi connectivity index (χ0) is 23.7. The first-order chi connectivity index (χ1) is 15.8. The summed E-state index contributed by atoms with van der Waals surface area (Å²) in [5.41, 5.74) is 2.49. The van der Waals surface area contributed by atoms with E-state index in [0.29, 0.717) is 48.8 Å². The van der Waals surface area contributed by atoms with Crippen LogP contribution in [0.3, 0.4) is 0 Å². The fraction of sp³-hybridized carbons (Fsp3) is 0.238. The van der Waals surface area contributed by atoms with E-state index in [1.165, 1.54) is 18.9 Å². The molecule has 0 radical (unpaired) electrons. The number of hydrogen-bond acceptors (Lipinski definition) is 8. The molecule has 2 aromatic carbocycles. The third-order valence-electron chi connectivity index (χ3n) is 5.05. The fourth-order valence-electron chi connectivity index (χ4n) is 3.52. The standard InChI is InChI=1S/C21H18BrCl2N5O4/c1-10-17(20(30)32-3)18(29-21(25-10)26-27-28-29)12-7-13(22)19(16(8-12)31-2)33-9-11-4-5-14(23)15(24)6-11/h4-8,18H,9H2,1-3H3,(H,25,26,28). The molecule has 0 bridgehead atoms. The monoisotopic (exact) mass is 553 g/mol. The summed E-state index contributed by atoms with van der Waals surface area (Å²) in [6, 6.07) is 8.23. The van der Waals surface area contributed by atoms with Gasteiger partial charge in [-0.2, -0.15) is 4.68 Å². The molecule has 9 nitrogen and oxygen atoms in total. The SMILES string of the molecule is COC(=O)C1=C(C)Nc2nnnn2C1c1cc(Br)c(OCc2ccc(Cl)c(Cl)c2)c(OC)c1. The normalized spacial score (nSPS) is 15.0. The van der Waals surface area contributed by atoms with Crippen LogP contribution in [-0.4, -0.2) is 40.4 Å². The second-order valence-electron chi connectivity index (χ2n) is 7.08. The van der Waals surface area contributed by atoms with Crippen molar-refractivity contribution in [3.8, 4) is 11.5 Å². The Labute approximate surface area is 207 Å². The molecule has 12 heteroatoms. The summed E-state index contributed by atoms with van der Waals surface area (Å²) in [7, 11) is 2.86. The van der Waals surface area contributed by atoms with Crippen molar-refractivity contribution in [1.29, 1.82) is 0 Å². The molecule has 0 spiro atoms. The van der Waals surface area contributed by atoms with Gasteiger partial charge in [0.15, 0.2) is 11.5 Å². The van der Waals surface area contributed by atoms with Crippen LogP contribution in [0.4, 0.5) is 5.95 Å². The molecular formula is C21H18BrCl2N5O4. The Morgan fingerprint density at radius 2 is 2.00 bits per heavy atom. The molecule has 1 N–H and O–H groups in total. The van der Waals surface area contributed by atoms with Gasteiger partial charge in [-0.3, -0.25) is 0 Å². The third kappa shape index (κ3) is 4.50. The Morgan fingerprint density at radius 3 is 2.70 bits per heavy atom. The van der Waals surface area contributed by atoms with Crippen molar-refractivity contribution in [2.45, 2.75) is 19.6 Å². The number of aromatic nitrogens is 4. The lowest BCUT2D eigenvalue weighted by atomic mass is 9.95. The zero-order valence-electron chi connectivity index (χ0n) is 17.7. The fourth-order valence-corrected chi connectivity index (χ4v) is 4.41. The van der Waals surface area contributed by atoms with Crippen molar-refractivity contribution >= 4 is 51.0 Å². The van der Waals surface area contributed by atoms with Gasteiger partial charge in [-0.15, -0.1) is 0 Å². The number of hydrogen-bond donors (Lipinski definition) is 1. The van der Waals surface area contributed by atoms with E-state index in [4.69, 9.17) is 37.4 Å². The maximum absolute atomic E-state index is 12.6. The molecule has 0 aliphatic carbocycles. The number of allylic oxidation sites excluding steroid dienone is 1. The van der Waals surface area contributed by atoms with Crippen LogP contribution in [0, 0.1) is 0 Å². The van der Waals surface area contributed by atoms with Crippen molar-refractivity contribution < 1.29 is 19.0 Å². The minimum atomic E-state index is -0.641. The second-order valence-corrected chi connectivity index (χ2v) is 8.74. The number of nitrogens with one attached hydrogen (secondary N) is 1. The van der Waals surface area contributed by atoms with Crippen LogP contribution in [-0.2, 0) is 16.1 Å². The number of carbonyl (C=O) groups is 1. The van der Waals surface area contributed by atoms with Crippen LogP contribution in [0.15, 0.2) is 46.1 Å². The van der Waals surface area contributed by atoms with E-state index < -0.39 is 12.0 Å². The van der Waals surface area contributed by atoms with Gasteiger partial charge in [0.2, 0.25) is 5.95 Å². The highest BCUT2D eigenvalue weighted by molar-refractivity contribution is 9.10. The van der Waals surface area contributed by atoms with E-state index in [1.54, 1.807) is 25.1 Å². The molecule has 1 aromatic heterocycles. The van der Waals surface area contributed by atoms with Crippen LogP contribution in [0.5, 0.6) is 11.5 Å². The summed E-state index contributed by atoms with van der Waals surface area (Å²) in [6.45, 7) is 2.00. The highest BCUT2D eigenvalue weighted by Crippen LogP contribution is 2.43. The maximum Gasteiger partial charge on any atom is 0.338 e. The van der Waals surface area contributed by atoms with Gasteiger partial charge in [0, 0.05) is 5.70 Å². The Balaban J connectivity index is 1.72. The summed E-state index contributed by atoms with van der Waals surface area (Å²) in [6.07, 6.45) is 0. The number of halogens is 3. The number of methoxy groups -OCH3 is 2. The molecule has 33 heavy (non-hydrogen) atoms. The molecule has 0 amide bonds. The van der Waals surface area contributed by atoms with E-state index in [0.717, 1.165) is 5.56 Å². The summed E-state index contributed by atoms with van der Waals surface area (Å²) < 4.78 is 18.8. The van der Waals surface area contributed by atoms with Crippen molar-refractivity contribution in [3.05, 3.63) is 67.2 Å². The van der Waals surface area contributed by atoms with E-state index in [-0.39, 0.29) is 6.61 Å². The number of rotatable bonds is 6. The van der Waals surface area contributed by atoms with Crippen LogP contribution in [0.1, 0.15) is 24.1 Å². The van der Waals surface area contributed by atoms with Crippen LogP contribution >= 0.6 is 39.1 Å². The van der Waals surface area contributed by atoms with Crippen molar-refractivity contribution in [2.24, 2.45) is 0 Å². The summed E-state index contributed by atoms with van der Waals surface area (Å²) >= 11 is 15.7. The van der Waals surface area contributed by atoms with Gasteiger partial charge < -0.3 is 19.5 Å². The number of esters is 1. The predicted molar refractivity (Wildman–Crippen MR) is 126 cm³/mol. The average molecular weight is 555 g/mol. The molecule has 4 rings (SSSR count). The minimum absolute atomic E-state index is 0.238. The predicted octanol–water partition coefficient (Wildman–Crippen LogP) is 4.79. The number of carbonyl (C=O) groups excluding carboxylic acids is 1. The highest BCUT2D eigenvalue weighted by Gasteiger charge is 2.35. The van der Waals surface area contributed by atoms with E-state index in [1.807, 2.05) is 12.1 Å². The van der Waals surface area contributed by atoms with Crippen molar-refractivity contribution in [3.63, 3.8) is 0 Å². The Morgan fingerprint density at radius 1 is 1.21 bits per heavy atom. The van der Waals surface area contributed by atoms with Crippen LogP contribution in [0.2, 0.25) is 10.0 Å².